The van der Waals surface area contributed by atoms with Gasteiger partial charge in [0.2, 0.25) is 5.75 Å². The highest BCUT2D eigenvalue weighted by atomic mass is 127. The highest BCUT2D eigenvalue weighted by molar-refractivity contribution is 14.1. The summed E-state index contributed by atoms with van der Waals surface area (Å²) in [6.45, 7) is 0. The third-order valence-corrected chi connectivity index (χ3v) is 4.08. The number of nitriles is 1. The first kappa shape index (κ1) is 18.7. The quantitative estimate of drug-likeness (QED) is 0.230. The van der Waals surface area contributed by atoms with Gasteiger partial charge in [-0.2, -0.15) is 5.26 Å². The summed E-state index contributed by atoms with van der Waals surface area (Å²) in [4.78, 5) is 22.4. The summed E-state index contributed by atoms with van der Waals surface area (Å²) in [5.74, 6) is -1.15. The summed E-state index contributed by atoms with van der Waals surface area (Å²) in [7, 11) is 0. The molecule has 0 aromatic heterocycles. The Labute approximate surface area is 160 Å². The Hall–Kier alpha value is -2.64. The molecule has 25 heavy (non-hydrogen) atoms. The molecule has 0 heterocycles. The van der Waals surface area contributed by atoms with E-state index in [1.54, 1.807) is 46.9 Å². The molecule has 2 N–H and O–H groups in total. The number of nitrogens with zero attached hydrogens (tertiary/aromatic N) is 2. The zero-order valence-electron chi connectivity index (χ0n) is 12.4. The topological polar surface area (TPSA) is 116 Å². The predicted octanol–water partition coefficient (Wildman–Crippen LogP) is 4.10. The van der Waals surface area contributed by atoms with Gasteiger partial charge in [-0.15, -0.1) is 0 Å². The monoisotopic (exact) mass is 469 g/mol. The molecule has 9 heteroatoms. The summed E-state index contributed by atoms with van der Waals surface area (Å²) in [5.41, 5.74) is -0.113. The third-order valence-electron chi connectivity index (χ3n) is 3.02. The maximum atomic E-state index is 12.2. The Morgan fingerprint density at radius 2 is 2.12 bits per heavy atom. The number of phenolic OH excluding ortho intramolecular Hbond substituents is 1. The van der Waals surface area contributed by atoms with E-state index < -0.39 is 22.3 Å². The molecule has 0 spiro atoms. The second-order valence-corrected chi connectivity index (χ2v) is 6.36. The molecule has 126 valence electrons. The maximum absolute atomic E-state index is 12.2. The molecule has 0 fully saturated rings. The number of anilines is 1. The molecule has 0 aliphatic carbocycles. The van der Waals surface area contributed by atoms with Crippen molar-refractivity contribution in [2.24, 2.45) is 0 Å². The summed E-state index contributed by atoms with van der Waals surface area (Å²) < 4.78 is 0.227. The molecule has 2 aromatic carbocycles. The number of carbonyl (C=O) groups excluding carboxylic acids is 1. The first-order valence-electron chi connectivity index (χ1n) is 6.67. The van der Waals surface area contributed by atoms with E-state index >= 15 is 0 Å². The van der Waals surface area contributed by atoms with Gasteiger partial charge in [0.1, 0.15) is 11.6 Å². The van der Waals surface area contributed by atoms with E-state index in [0.717, 1.165) is 6.07 Å². The zero-order chi connectivity index (χ0) is 18.6. The van der Waals surface area contributed by atoms with Crippen molar-refractivity contribution in [2.75, 3.05) is 5.32 Å². The fourth-order valence-electron chi connectivity index (χ4n) is 1.91. The molecule has 0 aliphatic heterocycles. The van der Waals surface area contributed by atoms with Crippen LogP contribution in [0.3, 0.4) is 0 Å². The molecule has 2 rings (SSSR count). The summed E-state index contributed by atoms with van der Waals surface area (Å²) in [6.07, 6.45) is 1.20. The average Bonchev–Trinajstić information content (AvgIpc) is 2.55. The van der Waals surface area contributed by atoms with E-state index in [0.29, 0.717) is 10.7 Å². The lowest BCUT2D eigenvalue weighted by Crippen LogP contribution is -2.13. The molecule has 1 amide bonds. The molecule has 0 aliphatic rings. The van der Waals surface area contributed by atoms with Crippen molar-refractivity contribution in [3.63, 3.8) is 0 Å². The van der Waals surface area contributed by atoms with Crippen LogP contribution in [0, 0.1) is 25.0 Å². The van der Waals surface area contributed by atoms with Gasteiger partial charge in [-0.3, -0.25) is 14.9 Å². The molecule has 0 radical (unpaired) electrons. The minimum atomic E-state index is -0.743. The molecular formula is C16H9ClIN3O4. The van der Waals surface area contributed by atoms with Gasteiger partial charge in [0.05, 0.1) is 8.49 Å². The molecule has 0 bridgehead atoms. The van der Waals surface area contributed by atoms with Crippen LogP contribution in [0.25, 0.3) is 6.08 Å². The molecule has 7 nitrogen and oxygen atoms in total. The van der Waals surface area contributed by atoms with Crippen molar-refractivity contribution in [3.8, 4) is 11.8 Å². The van der Waals surface area contributed by atoms with E-state index in [9.17, 15) is 25.3 Å². The first-order chi connectivity index (χ1) is 11.8. The van der Waals surface area contributed by atoms with Crippen molar-refractivity contribution in [1.29, 1.82) is 5.26 Å². The zero-order valence-corrected chi connectivity index (χ0v) is 15.3. The molecule has 2 aromatic rings. The Kier molecular flexibility index (Phi) is 5.95. The van der Waals surface area contributed by atoms with Crippen LogP contribution in [0.15, 0.2) is 42.0 Å². The maximum Gasteiger partial charge on any atom is 0.312 e. The number of nitrogens with one attached hydrogen (secondary N) is 1. The minimum absolute atomic E-state index is 0.227. The van der Waals surface area contributed by atoms with Crippen LogP contribution in [-0.4, -0.2) is 15.9 Å². The molecule has 0 saturated heterocycles. The lowest BCUT2D eigenvalue weighted by atomic mass is 10.1. The highest BCUT2D eigenvalue weighted by Crippen LogP contribution is 2.33. The van der Waals surface area contributed by atoms with Gasteiger partial charge in [-0.1, -0.05) is 17.7 Å². The third kappa shape index (κ3) is 4.68. The average molecular weight is 470 g/mol. The largest absolute Gasteiger partial charge is 0.501 e. The Bertz CT molecular complexity index is 937. The predicted molar refractivity (Wildman–Crippen MR) is 101 cm³/mol. The van der Waals surface area contributed by atoms with Gasteiger partial charge in [-0.05, 0) is 58.5 Å². The second kappa shape index (κ2) is 7.96. The number of amides is 1. The van der Waals surface area contributed by atoms with Crippen LogP contribution in [0.1, 0.15) is 5.56 Å². The van der Waals surface area contributed by atoms with E-state index in [1.807, 2.05) is 0 Å². The van der Waals surface area contributed by atoms with Gasteiger partial charge in [-0.25, -0.2) is 0 Å². The fraction of sp³-hybridized carbons (Fsp3) is 0. The number of rotatable bonds is 4. The van der Waals surface area contributed by atoms with Crippen LogP contribution in [0.5, 0.6) is 5.75 Å². The fourth-order valence-corrected chi connectivity index (χ4v) is 2.73. The van der Waals surface area contributed by atoms with Crippen molar-refractivity contribution in [3.05, 3.63) is 66.2 Å². The Morgan fingerprint density at radius 3 is 2.72 bits per heavy atom. The molecule has 0 saturated carbocycles. The van der Waals surface area contributed by atoms with E-state index in [4.69, 9.17) is 11.6 Å². The second-order valence-electron chi connectivity index (χ2n) is 4.76. The number of benzene rings is 2. The summed E-state index contributed by atoms with van der Waals surface area (Å²) in [5, 5.41) is 32.8. The number of nitro groups is 1. The van der Waals surface area contributed by atoms with Gasteiger partial charge in [0.25, 0.3) is 5.91 Å². The van der Waals surface area contributed by atoms with E-state index in [2.05, 4.69) is 5.32 Å². The van der Waals surface area contributed by atoms with Crippen molar-refractivity contribution in [1.82, 2.24) is 0 Å². The first-order valence-corrected chi connectivity index (χ1v) is 8.13. The lowest BCUT2D eigenvalue weighted by Gasteiger charge is -2.05. The van der Waals surface area contributed by atoms with Crippen LogP contribution in [0.4, 0.5) is 11.4 Å². The SMILES string of the molecule is N#C/C(=C\c1cc(I)c(O)c([N+](=O)[O-])c1)C(=O)Nc1cccc(Cl)c1. The smallest absolute Gasteiger partial charge is 0.312 e. The lowest BCUT2D eigenvalue weighted by molar-refractivity contribution is -0.386. The van der Waals surface area contributed by atoms with Gasteiger partial charge in [0, 0.05) is 16.8 Å². The van der Waals surface area contributed by atoms with Crippen LogP contribution in [0.2, 0.25) is 5.02 Å². The number of halogens is 2. The molecular weight excluding hydrogens is 461 g/mol. The molecule has 0 atom stereocenters. The van der Waals surface area contributed by atoms with Crippen molar-refractivity contribution < 1.29 is 14.8 Å². The summed E-state index contributed by atoms with van der Waals surface area (Å²) >= 11 is 7.56. The van der Waals surface area contributed by atoms with Crippen LogP contribution in [-0.2, 0) is 4.79 Å². The van der Waals surface area contributed by atoms with Gasteiger partial charge >= 0.3 is 5.69 Å². The standard InChI is InChI=1S/C16H9ClIN3O4/c17-11-2-1-3-12(7-11)20-16(23)10(8-19)4-9-5-13(18)15(22)14(6-9)21(24)25/h1-7,22H,(H,20,23)/b10-4+. The van der Waals surface area contributed by atoms with Crippen molar-refractivity contribution in [2.45, 2.75) is 0 Å². The number of aromatic hydroxyl groups is 1. The van der Waals surface area contributed by atoms with Gasteiger partial charge < -0.3 is 10.4 Å². The summed E-state index contributed by atoms with van der Waals surface area (Å²) in [6, 6.07) is 10.7. The van der Waals surface area contributed by atoms with Crippen LogP contribution < -0.4 is 5.32 Å². The minimum Gasteiger partial charge on any atom is -0.501 e. The van der Waals surface area contributed by atoms with Crippen molar-refractivity contribution >= 4 is 57.5 Å². The normalized spacial score (nSPS) is 10.8. The number of nitro benzene ring substituents is 1. The number of carbonyl (C=O) groups is 1. The van der Waals surface area contributed by atoms with Gasteiger partial charge in [0.15, 0.2) is 0 Å². The highest BCUT2D eigenvalue weighted by Gasteiger charge is 2.18. The van der Waals surface area contributed by atoms with Crippen LogP contribution >= 0.6 is 34.2 Å². The Balaban J connectivity index is 2.35. The van der Waals surface area contributed by atoms with E-state index in [-0.39, 0.29) is 14.7 Å². The number of hydrogen-bond acceptors (Lipinski definition) is 5. The number of phenols is 1. The number of hydrogen-bond donors (Lipinski definition) is 2. The Morgan fingerprint density at radius 1 is 1.40 bits per heavy atom. The molecule has 0 unspecified atom stereocenters. The van der Waals surface area contributed by atoms with E-state index in [1.165, 1.54) is 18.2 Å².